The molecule has 1 aromatic heterocycles. The van der Waals surface area contributed by atoms with Crippen LogP contribution < -0.4 is 0 Å². The Hall–Kier alpha value is -1.49. The molecule has 0 radical (unpaired) electrons. The fourth-order valence-electron chi connectivity index (χ4n) is 2.76. The lowest BCUT2D eigenvalue weighted by atomic mass is 9.96. The Kier molecular flexibility index (Phi) is 4.47. The van der Waals surface area contributed by atoms with Crippen molar-refractivity contribution in [1.29, 1.82) is 0 Å². The van der Waals surface area contributed by atoms with Crippen molar-refractivity contribution < 1.29 is 14.3 Å². The molecule has 0 spiro atoms. The third kappa shape index (κ3) is 3.50. The van der Waals surface area contributed by atoms with E-state index in [2.05, 4.69) is 9.88 Å². The number of hydrogen-bond acceptors (Lipinski definition) is 3. The normalized spacial score (nSPS) is 22.1. The number of rotatable bonds is 4. The van der Waals surface area contributed by atoms with E-state index < -0.39 is 5.97 Å². The highest BCUT2D eigenvalue weighted by Crippen LogP contribution is 2.28. The summed E-state index contributed by atoms with van der Waals surface area (Å²) in [5.74, 6) is -1.12. The summed E-state index contributed by atoms with van der Waals surface area (Å²) in [6.45, 7) is 2.87. The van der Waals surface area contributed by atoms with E-state index in [0.717, 1.165) is 31.5 Å². The zero-order chi connectivity index (χ0) is 13.8. The lowest BCUT2D eigenvalue weighted by Crippen LogP contribution is -2.42. The first-order chi connectivity index (χ1) is 9.08. The van der Waals surface area contributed by atoms with E-state index in [1.165, 1.54) is 12.3 Å². The van der Waals surface area contributed by atoms with Crippen molar-refractivity contribution in [2.24, 2.45) is 0 Å². The quantitative estimate of drug-likeness (QED) is 0.910. The van der Waals surface area contributed by atoms with E-state index in [9.17, 15) is 9.18 Å². The summed E-state index contributed by atoms with van der Waals surface area (Å²) in [5.41, 5.74) is 0.790. The minimum absolute atomic E-state index is 0.0187. The highest BCUT2D eigenvalue weighted by Gasteiger charge is 2.29. The van der Waals surface area contributed by atoms with Gasteiger partial charge >= 0.3 is 5.97 Å². The van der Waals surface area contributed by atoms with Crippen LogP contribution in [0.15, 0.2) is 18.3 Å². The van der Waals surface area contributed by atoms with Gasteiger partial charge in [0, 0.05) is 12.1 Å². The summed E-state index contributed by atoms with van der Waals surface area (Å²) in [6, 6.07) is 3.14. The Labute approximate surface area is 112 Å². The molecule has 5 heteroatoms. The molecule has 0 amide bonds. The molecule has 2 unspecified atom stereocenters. The Morgan fingerprint density at radius 1 is 1.58 bits per heavy atom. The number of aliphatic carboxylic acids is 1. The second kappa shape index (κ2) is 6.10. The van der Waals surface area contributed by atoms with Crippen LogP contribution >= 0.6 is 0 Å². The van der Waals surface area contributed by atoms with Gasteiger partial charge in [-0.3, -0.25) is 14.7 Å². The zero-order valence-corrected chi connectivity index (χ0v) is 11.1. The molecule has 1 aliphatic rings. The van der Waals surface area contributed by atoms with E-state index in [4.69, 9.17) is 5.11 Å². The summed E-state index contributed by atoms with van der Waals surface area (Å²) in [7, 11) is 0. The molecular weight excluding hydrogens is 247 g/mol. The van der Waals surface area contributed by atoms with Crippen molar-refractivity contribution in [1.82, 2.24) is 9.88 Å². The van der Waals surface area contributed by atoms with E-state index >= 15 is 0 Å². The Morgan fingerprint density at radius 3 is 3.00 bits per heavy atom. The van der Waals surface area contributed by atoms with Gasteiger partial charge in [0.2, 0.25) is 0 Å². The SMILES string of the molecule is CC(c1ccc(F)cn1)N1CCCCC1CC(=O)O. The molecule has 2 atom stereocenters. The predicted molar refractivity (Wildman–Crippen MR) is 69.2 cm³/mol. The van der Waals surface area contributed by atoms with Crippen molar-refractivity contribution in [3.8, 4) is 0 Å². The lowest BCUT2D eigenvalue weighted by molar-refractivity contribution is -0.139. The van der Waals surface area contributed by atoms with E-state index in [1.54, 1.807) is 6.07 Å². The molecular formula is C14H19FN2O2. The number of carboxylic acid groups (broad SMARTS) is 1. The van der Waals surface area contributed by atoms with Crippen molar-refractivity contribution in [3.05, 3.63) is 29.8 Å². The predicted octanol–water partition coefficient (Wildman–Crippen LogP) is 2.61. The van der Waals surface area contributed by atoms with Crippen molar-refractivity contribution in [2.45, 2.75) is 44.7 Å². The molecule has 2 rings (SSSR count). The lowest BCUT2D eigenvalue weighted by Gasteiger charge is -2.39. The third-order valence-electron chi connectivity index (χ3n) is 3.76. The van der Waals surface area contributed by atoms with Gasteiger partial charge in [-0.25, -0.2) is 4.39 Å². The summed E-state index contributed by atoms with van der Waals surface area (Å²) in [5, 5.41) is 8.98. The van der Waals surface area contributed by atoms with Crippen LogP contribution in [0.5, 0.6) is 0 Å². The second-order valence-corrected chi connectivity index (χ2v) is 5.06. The third-order valence-corrected chi connectivity index (χ3v) is 3.76. The van der Waals surface area contributed by atoms with E-state index in [1.807, 2.05) is 6.92 Å². The van der Waals surface area contributed by atoms with Gasteiger partial charge in [0.05, 0.1) is 18.3 Å². The molecule has 1 aliphatic heterocycles. The average Bonchev–Trinajstić information content (AvgIpc) is 2.39. The molecule has 1 aromatic rings. The molecule has 0 saturated carbocycles. The van der Waals surface area contributed by atoms with Crippen LogP contribution in [0, 0.1) is 5.82 Å². The van der Waals surface area contributed by atoms with Crippen LogP contribution in [0.3, 0.4) is 0 Å². The van der Waals surface area contributed by atoms with Gasteiger partial charge in [0.15, 0.2) is 0 Å². The van der Waals surface area contributed by atoms with Gasteiger partial charge in [-0.05, 0) is 38.4 Å². The summed E-state index contributed by atoms with van der Waals surface area (Å²) < 4.78 is 12.9. The largest absolute Gasteiger partial charge is 0.481 e. The highest BCUT2D eigenvalue weighted by molar-refractivity contribution is 5.67. The Morgan fingerprint density at radius 2 is 2.37 bits per heavy atom. The van der Waals surface area contributed by atoms with Crippen LogP contribution in [0.4, 0.5) is 4.39 Å². The molecule has 4 nitrogen and oxygen atoms in total. The van der Waals surface area contributed by atoms with Gasteiger partial charge in [0.1, 0.15) is 5.82 Å². The number of likely N-dealkylation sites (tertiary alicyclic amines) is 1. The van der Waals surface area contributed by atoms with Crippen LogP contribution in [0.2, 0.25) is 0 Å². The number of halogens is 1. The molecule has 104 valence electrons. The molecule has 1 N–H and O–H groups in total. The van der Waals surface area contributed by atoms with Crippen LogP contribution in [-0.4, -0.2) is 33.5 Å². The number of piperidine rings is 1. The van der Waals surface area contributed by atoms with Gasteiger partial charge in [-0.15, -0.1) is 0 Å². The minimum Gasteiger partial charge on any atom is -0.481 e. The molecule has 0 aliphatic carbocycles. The van der Waals surface area contributed by atoms with Crippen molar-refractivity contribution in [2.75, 3.05) is 6.54 Å². The topological polar surface area (TPSA) is 53.4 Å². The smallest absolute Gasteiger partial charge is 0.304 e. The monoisotopic (exact) mass is 266 g/mol. The second-order valence-electron chi connectivity index (χ2n) is 5.06. The molecule has 2 heterocycles. The van der Waals surface area contributed by atoms with Crippen LogP contribution in [-0.2, 0) is 4.79 Å². The Bertz CT molecular complexity index is 436. The molecule has 19 heavy (non-hydrogen) atoms. The van der Waals surface area contributed by atoms with E-state index in [-0.39, 0.29) is 24.3 Å². The van der Waals surface area contributed by atoms with Gasteiger partial charge in [-0.1, -0.05) is 6.42 Å². The molecule has 0 aromatic carbocycles. The maximum atomic E-state index is 12.9. The van der Waals surface area contributed by atoms with Gasteiger partial charge in [0.25, 0.3) is 0 Å². The first-order valence-electron chi connectivity index (χ1n) is 6.67. The first kappa shape index (κ1) is 13.9. The highest BCUT2D eigenvalue weighted by atomic mass is 19.1. The maximum Gasteiger partial charge on any atom is 0.304 e. The van der Waals surface area contributed by atoms with Crippen molar-refractivity contribution in [3.63, 3.8) is 0 Å². The van der Waals surface area contributed by atoms with E-state index in [0.29, 0.717) is 0 Å². The molecule has 1 saturated heterocycles. The van der Waals surface area contributed by atoms with Crippen LogP contribution in [0.25, 0.3) is 0 Å². The fraction of sp³-hybridized carbons (Fsp3) is 0.571. The number of aromatic nitrogens is 1. The standard InChI is InChI=1S/C14H19FN2O2/c1-10(13-6-5-11(15)9-16-13)17-7-3-2-4-12(17)8-14(18)19/h5-6,9-10,12H,2-4,7-8H2,1H3,(H,18,19). The Balaban J connectivity index is 2.12. The minimum atomic E-state index is -0.767. The molecule has 1 fully saturated rings. The summed E-state index contributed by atoms with van der Waals surface area (Å²) >= 11 is 0. The molecule has 0 bridgehead atoms. The zero-order valence-electron chi connectivity index (χ0n) is 11.1. The first-order valence-corrected chi connectivity index (χ1v) is 6.67. The van der Waals surface area contributed by atoms with Gasteiger partial charge in [-0.2, -0.15) is 0 Å². The number of hydrogen-bond donors (Lipinski definition) is 1. The number of pyridine rings is 1. The fourth-order valence-corrected chi connectivity index (χ4v) is 2.76. The van der Waals surface area contributed by atoms with Gasteiger partial charge < -0.3 is 5.11 Å². The summed E-state index contributed by atoms with van der Waals surface area (Å²) in [4.78, 5) is 17.2. The van der Waals surface area contributed by atoms with Crippen LogP contribution in [0.1, 0.15) is 44.3 Å². The average molecular weight is 266 g/mol. The summed E-state index contributed by atoms with van der Waals surface area (Å²) in [6.07, 6.45) is 4.41. The number of nitrogens with zero attached hydrogens (tertiary/aromatic N) is 2. The maximum absolute atomic E-state index is 12.9. The number of carboxylic acids is 1. The number of carbonyl (C=O) groups is 1. The van der Waals surface area contributed by atoms with Crippen molar-refractivity contribution >= 4 is 5.97 Å².